The molecule has 2 rings (SSSR count). The Balaban J connectivity index is 2.18. The van der Waals surface area contributed by atoms with Crippen LogP contribution in [-0.4, -0.2) is 20.6 Å². The molecule has 0 saturated carbocycles. The fraction of sp³-hybridized carbons (Fsp3) is 0.0714. The molecule has 116 valence electrons. The maximum absolute atomic E-state index is 12.8. The van der Waals surface area contributed by atoms with Crippen molar-refractivity contribution in [2.75, 3.05) is 16.3 Å². The average molecular weight is 343 g/mol. The van der Waals surface area contributed by atoms with E-state index in [1.807, 2.05) is 0 Å². The fourth-order valence-electron chi connectivity index (χ4n) is 1.71. The van der Waals surface area contributed by atoms with Gasteiger partial charge in [-0.15, -0.1) is 0 Å². The summed E-state index contributed by atoms with van der Waals surface area (Å²) in [6, 6.07) is 9.43. The first-order valence-electron chi connectivity index (χ1n) is 6.09. The van der Waals surface area contributed by atoms with Crippen LogP contribution in [-0.2, 0) is 10.0 Å². The first-order valence-corrected chi connectivity index (χ1v) is 8.36. The number of benzene rings is 2. The molecule has 0 aliphatic carbocycles. The summed E-state index contributed by atoms with van der Waals surface area (Å²) in [5.74, 6) is -0.894. The van der Waals surface area contributed by atoms with Gasteiger partial charge in [-0.25, -0.2) is 12.8 Å². The van der Waals surface area contributed by atoms with Gasteiger partial charge in [0.2, 0.25) is 10.0 Å². The number of nitrogens with one attached hydrogen (secondary N) is 2. The van der Waals surface area contributed by atoms with Crippen LogP contribution in [0.25, 0.3) is 0 Å². The molecule has 2 aromatic rings. The Hall–Kier alpha value is -2.12. The minimum atomic E-state index is -3.42. The number of hydrogen-bond acceptors (Lipinski definition) is 3. The molecule has 0 atom stereocenters. The van der Waals surface area contributed by atoms with Gasteiger partial charge in [0, 0.05) is 11.4 Å². The molecule has 0 heterocycles. The number of amides is 1. The second-order valence-electron chi connectivity index (χ2n) is 4.53. The van der Waals surface area contributed by atoms with E-state index in [0.717, 1.165) is 6.26 Å². The number of halogens is 2. The quantitative estimate of drug-likeness (QED) is 0.896. The Bertz CT molecular complexity index is 807. The van der Waals surface area contributed by atoms with E-state index in [9.17, 15) is 17.6 Å². The topological polar surface area (TPSA) is 75.3 Å². The molecular formula is C14H12ClFN2O3S. The molecule has 22 heavy (non-hydrogen) atoms. The monoisotopic (exact) mass is 342 g/mol. The lowest BCUT2D eigenvalue weighted by Gasteiger charge is -2.09. The summed E-state index contributed by atoms with van der Waals surface area (Å²) in [5.41, 5.74) is 0.844. The normalized spacial score (nSPS) is 11.0. The highest BCUT2D eigenvalue weighted by molar-refractivity contribution is 7.92. The summed E-state index contributed by atoms with van der Waals surface area (Å²) in [6.45, 7) is 0. The molecule has 0 radical (unpaired) electrons. The molecule has 0 aromatic heterocycles. The van der Waals surface area contributed by atoms with E-state index < -0.39 is 21.7 Å². The maximum atomic E-state index is 12.8. The molecule has 0 fully saturated rings. The van der Waals surface area contributed by atoms with Crippen molar-refractivity contribution in [1.82, 2.24) is 0 Å². The first kappa shape index (κ1) is 16.3. The SMILES string of the molecule is CS(=O)(=O)Nc1ccc(C(=O)Nc2ccc(F)cc2)c(Cl)c1. The molecule has 2 aromatic carbocycles. The van der Waals surface area contributed by atoms with Crippen molar-refractivity contribution in [3.05, 3.63) is 58.9 Å². The van der Waals surface area contributed by atoms with Gasteiger partial charge in [0.15, 0.2) is 0 Å². The van der Waals surface area contributed by atoms with Crippen molar-refractivity contribution in [3.63, 3.8) is 0 Å². The van der Waals surface area contributed by atoms with E-state index in [1.165, 1.54) is 42.5 Å². The Morgan fingerprint density at radius 3 is 2.23 bits per heavy atom. The summed E-state index contributed by atoms with van der Waals surface area (Å²) >= 11 is 5.99. The van der Waals surface area contributed by atoms with Gasteiger partial charge in [0.05, 0.1) is 16.8 Å². The molecule has 0 unspecified atom stereocenters. The fourth-order valence-corrected chi connectivity index (χ4v) is 2.53. The number of anilines is 2. The average Bonchev–Trinajstić information content (AvgIpc) is 2.39. The van der Waals surface area contributed by atoms with Gasteiger partial charge in [0.25, 0.3) is 5.91 Å². The molecule has 8 heteroatoms. The minimum absolute atomic E-state index is 0.0910. The molecule has 0 bridgehead atoms. The molecule has 0 aliphatic heterocycles. The van der Waals surface area contributed by atoms with Crippen LogP contribution in [0.1, 0.15) is 10.4 Å². The second kappa shape index (κ2) is 6.33. The van der Waals surface area contributed by atoms with Gasteiger partial charge in [-0.3, -0.25) is 9.52 Å². The Morgan fingerprint density at radius 2 is 1.68 bits per heavy atom. The van der Waals surface area contributed by atoms with Crippen LogP contribution in [0.4, 0.5) is 15.8 Å². The Morgan fingerprint density at radius 1 is 1.09 bits per heavy atom. The lowest BCUT2D eigenvalue weighted by Crippen LogP contribution is -2.13. The third-order valence-corrected chi connectivity index (χ3v) is 3.54. The van der Waals surface area contributed by atoms with Gasteiger partial charge in [0.1, 0.15) is 5.82 Å². The Kier molecular flexibility index (Phi) is 4.68. The zero-order valence-corrected chi connectivity index (χ0v) is 13.0. The molecule has 0 saturated heterocycles. The van der Waals surface area contributed by atoms with Crippen molar-refractivity contribution in [1.29, 1.82) is 0 Å². The number of carbonyl (C=O) groups excluding carboxylic acids is 1. The number of sulfonamides is 1. The van der Waals surface area contributed by atoms with Crippen LogP contribution in [0, 0.1) is 5.82 Å². The van der Waals surface area contributed by atoms with Gasteiger partial charge in [-0.1, -0.05) is 11.6 Å². The van der Waals surface area contributed by atoms with Crippen molar-refractivity contribution in [2.24, 2.45) is 0 Å². The predicted molar refractivity (Wildman–Crippen MR) is 84.3 cm³/mol. The van der Waals surface area contributed by atoms with Crippen LogP contribution in [0.15, 0.2) is 42.5 Å². The summed E-state index contributed by atoms with van der Waals surface area (Å²) in [6.07, 6.45) is 1.01. The standard InChI is InChI=1S/C14H12ClFN2O3S/c1-22(20,21)18-11-6-7-12(13(15)8-11)14(19)17-10-4-2-9(16)3-5-10/h2-8,18H,1H3,(H,17,19). The molecule has 2 N–H and O–H groups in total. The van der Waals surface area contributed by atoms with Gasteiger partial charge in [-0.2, -0.15) is 0 Å². The number of hydrogen-bond donors (Lipinski definition) is 2. The highest BCUT2D eigenvalue weighted by Crippen LogP contribution is 2.22. The van der Waals surface area contributed by atoms with Gasteiger partial charge < -0.3 is 5.32 Å². The number of rotatable bonds is 4. The summed E-state index contributed by atoms with van der Waals surface area (Å²) in [7, 11) is -3.42. The van der Waals surface area contributed by atoms with E-state index >= 15 is 0 Å². The van der Waals surface area contributed by atoms with Gasteiger partial charge >= 0.3 is 0 Å². The minimum Gasteiger partial charge on any atom is -0.322 e. The van der Waals surface area contributed by atoms with Crippen molar-refractivity contribution >= 4 is 38.9 Å². The molecular weight excluding hydrogens is 331 g/mol. The summed E-state index contributed by atoms with van der Waals surface area (Å²) < 4.78 is 37.3. The third kappa shape index (κ3) is 4.44. The highest BCUT2D eigenvalue weighted by atomic mass is 35.5. The largest absolute Gasteiger partial charge is 0.322 e. The van der Waals surface area contributed by atoms with Crippen molar-refractivity contribution < 1.29 is 17.6 Å². The summed E-state index contributed by atoms with van der Waals surface area (Å²) in [4.78, 5) is 12.1. The maximum Gasteiger partial charge on any atom is 0.257 e. The van der Waals surface area contributed by atoms with Crippen LogP contribution in [0.2, 0.25) is 5.02 Å². The van der Waals surface area contributed by atoms with Crippen LogP contribution < -0.4 is 10.0 Å². The first-order chi connectivity index (χ1) is 10.2. The highest BCUT2D eigenvalue weighted by Gasteiger charge is 2.12. The molecule has 1 amide bonds. The van der Waals surface area contributed by atoms with E-state index in [2.05, 4.69) is 10.0 Å². The third-order valence-electron chi connectivity index (χ3n) is 2.62. The number of carbonyl (C=O) groups is 1. The van der Waals surface area contributed by atoms with Crippen molar-refractivity contribution in [2.45, 2.75) is 0 Å². The van der Waals surface area contributed by atoms with Crippen LogP contribution in [0.5, 0.6) is 0 Å². The smallest absolute Gasteiger partial charge is 0.257 e. The zero-order chi connectivity index (χ0) is 16.3. The molecule has 0 aliphatic rings. The lowest BCUT2D eigenvalue weighted by atomic mass is 10.2. The molecule has 0 spiro atoms. The summed E-state index contributed by atoms with van der Waals surface area (Å²) in [5, 5.41) is 2.66. The van der Waals surface area contributed by atoms with E-state index in [-0.39, 0.29) is 16.3 Å². The van der Waals surface area contributed by atoms with Crippen LogP contribution in [0.3, 0.4) is 0 Å². The molecule has 5 nitrogen and oxygen atoms in total. The van der Waals surface area contributed by atoms with E-state index in [1.54, 1.807) is 0 Å². The van der Waals surface area contributed by atoms with E-state index in [0.29, 0.717) is 5.69 Å². The van der Waals surface area contributed by atoms with Crippen LogP contribution >= 0.6 is 11.6 Å². The van der Waals surface area contributed by atoms with Crippen molar-refractivity contribution in [3.8, 4) is 0 Å². The predicted octanol–water partition coefficient (Wildman–Crippen LogP) is 3.10. The zero-order valence-electron chi connectivity index (χ0n) is 11.4. The lowest BCUT2D eigenvalue weighted by molar-refractivity contribution is 0.102. The second-order valence-corrected chi connectivity index (χ2v) is 6.69. The van der Waals surface area contributed by atoms with Gasteiger partial charge in [-0.05, 0) is 42.5 Å². The Labute approximate surface area is 132 Å². The van der Waals surface area contributed by atoms with E-state index in [4.69, 9.17) is 11.6 Å².